The molecule has 0 saturated heterocycles. The van der Waals surface area contributed by atoms with Crippen molar-refractivity contribution in [1.29, 1.82) is 0 Å². The highest BCUT2D eigenvalue weighted by molar-refractivity contribution is 5.37. The van der Waals surface area contributed by atoms with E-state index in [2.05, 4.69) is 32.0 Å². The van der Waals surface area contributed by atoms with Crippen LogP contribution in [-0.4, -0.2) is 7.11 Å². The van der Waals surface area contributed by atoms with Crippen molar-refractivity contribution in [3.63, 3.8) is 0 Å². The maximum atomic E-state index is 5.32. The van der Waals surface area contributed by atoms with Gasteiger partial charge in [0.25, 0.3) is 0 Å². The largest absolute Gasteiger partial charge is 0.496 e. The molecule has 1 aromatic rings. The van der Waals surface area contributed by atoms with E-state index in [9.17, 15) is 0 Å². The molecule has 0 fully saturated rings. The molecule has 0 radical (unpaired) electrons. The van der Waals surface area contributed by atoms with Crippen LogP contribution in [0.5, 0.6) is 5.75 Å². The number of aryl methyl sites for hydroxylation is 2. The van der Waals surface area contributed by atoms with Crippen molar-refractivity contribution >= 4 is 0 Å². The molecular weight excluding hydrogens is 208 g/mol. The quantitative estimate of drug-likeness (QED) is 0.695. The van der Waals surface area contributed by atoms with E-state index >= 15 is 0 Å². The van der Waals surface area contributed by atoms with Crippen molar-refractivity contribution < 1.29 is 4.74 Å². The summed E-state index contributed by atoms with van der Waals surface area (Å²) in [4.78, 5) is 0. The summed E-state index contributed by atoms with van der Waals surface area (Å²) >= 11 is 0. The Balaban J connectivity index is 0. The van der Waals surface area contributed by atoms with E-state index in [-0.39, 0.29) is 0 Å². The average Bonchev–Trinajstić information content (AvgIpc) is 2.43. The van der Waals surface area contributed by atoms with Crippen molar-refractivity contribution in [3.05, 3.63) is 29.3 Å². The standard InChI is InChI=1S/C12H18O.2C2H6/c1-4-6-10-7-8-11(5-2)12(9-10)13-3;2*1-2/h7-9H,4-6H2,1-3H3;2*1-2H3. The van der Waals surface area contributed by atoms with E-state index in [4.69, 9.17) is 4.74 Å². The Morgan fingerprint density at radius 2 is 1.59 bits per heavy atom. The number of ether oxygens (including phenoxy) is 1. The highest BCUT2D eigenvalue weighted by Gasteiger charge is 2.01. The summed E-state index contributed by atoms with van der Waals surface area (Å²) in [6.45, 7) is 12.3. The third-order valence-corrected chi connectivity index (χ3v) is 2.27. The van der Waals surface area contributed by atoms with Crippen LogP contribution in [0, 0.1) is 0 Å². The van der Waals surface area contributed by atoms with Crippen LogP contribution >= 0.6 is 0 Å². The van der Waals surface area contributed by atoms with Gasteiger partial charge in [-0.15, -0.1) is 0 Å². The normalized spacial score (nSPS) is 8.41. The second kappa shape index (κ2) is 13.1. The van der Waals surface area contributed by atoms with E-state index in [1.54, 1.807) is 7.11 Å². The smallest absolute Gasteiger partial charge is 0.122 e. The van der Waals surface area contributed by atoms with Gasteiger partial charge in [-0.05, 0) is 30.0 Å². The second-order valence-electron chi connectivity index (χ2n) is 3.25. The van der Waals surface area contributed by atoms with Gasteiger partial charge in [-0.1, -0.05) is 60.1 Å². The van der Waals surface area contributed by atoms with Gasteiger partial charge in [-0.3, -0.25) is 0 Å². The van der Waals surface area contributed by atoms with E-state index in [0.717, 1.165) is 18.6 Å². The Morgan fingerprint density at radius 1 is 1.00 bits per heavy atom. The molecule has 0 unspecified atom stereocenters. The van der Waals surface area contributed by atoms with Gasteiger partial charge in [0.1, 0.15) is 5.75 Å². The summed E-state index contributed by atoms with van der Waals surface area (Å²) in [6, 6.07) is 6.52. The fraction of sp³-hybridized carbons (Fsp3) is 0.625. The van der Waals surface area contributed by atoms with Crippen LogP contribution in [0.15, 0.2) is 18.2 Å². The van der Waals surface area contributed by atoms with Gasteiger partial charge in [-0.25, -0.2) is 0 Å². The molecule has 1 rings (SSSR count). The molecule has 0 bridgehead atoms. The van der Waals surface area contributed by atoms with Crippen molar-refractivity contribution in [3.8, 4) is 5.75 Å². The summed E-state index contributed by atoms with van der Waals surface area (Å²) < 4.78 is 5.32. The van der Waals surface area contributed by atoms with E-state index < -0.39 is 0 Å². The van der Waals surface area contributed by atoms with Crippen LogP contribution in [0.3, 0.4) is 0 Å². The van der Waals surface area contributed by atoms with Crippen LogP contribution in [-0.2, 0) is 12.8 Å². The zero-order chi connectivity index (χ0) is 13.7. The Labute approximate surface area is 108 Å². The molecule has 0 aliphatic heterocycles. The minimum Gasteiger partial charge on any atom is -0.496 e. The molecule has 1 nitrogen and oxygen atoms in total. The van der Waals surface area contributed by atoms with E-state index in [0.29, 0.717) is 0 Å². The van der Waals surface area contributed by atoms with Crippen molar-refractivity contribution in [1.82, 2.24) is 0 Å². The first kappa shape index (κ1) is 18.4. The molecule has 0 saturated carbocycles. The summed E-state index contributed by atoms with van der Waals surface area (Å²) in [5.74, 6) is 1.04. The lowest BCUT2D eigenvalue weighted by molar-refractivity contribution is 0.409. The molecule has 0 aliphatic rings. The fourth-order valence-corrected chi connectivity index (χ4v) is 1.53. The molecule has 0 heterocycles. The van der Waals surface area contributed by atoms with Gasteiger partial charge in [0.05, 0.1) is 7.11 Å². The van der Waals surface area contributed by atoms with Gasteiger partial charge in [0.2, 0.25) is 0 Å². The van der Waals surface area contributed by atoms with Gasteiger partial charge in [0.15, 0.2) is 0 Å². The number of methoxy groups -OCH3 is 1. The molecule has 17 heavy (non-hydrogen) atoms. The highest BCUT2D eigenvalue weighted by atomic mass is 16.5. The minimum absolute atomic E-state index is 1.04. The van der Waals surface area contributed by atoms with Crippen LogP contribution in [0.4, 0.5) is 0 Å². The average molecular weight is 238 g/mol. The van der Waals surface area contributed by atoms with Crippen LogP contribution in [0.1, 0.15) is 59.1 Å². The maximum absolute atomic E-state index is 5.32. The number of benzene rings is 1. The third-order valence-electron chi connectivity index (χ3n) is 2.27. The lowest BCUT2D eigenvalue weighted by Crippen LogP contribution is -1.92. The molecule has 0 amide bonds. The second-order valence-corrected chi connectivity index (χ2v) is 3.25. The topological polar surface area (TPSA) is 9.23 Å². The number of rotatable bonds is 4. The molecule has 0 aromatic heterocycles. The summed E-state index contributed by atoms with van der Waals surface area (Å²) in [7, 11) is 1.74. The van der Waals surface area contributed by atoms with Gasteiger partial charge in [-0.2, -0.15) is 0 Å². The molecule has 0 spiro atoms. The Bertz CT molecular complexity index is 266. The number of hydrogen-bond acceptors (Lipinski definition) is 1. The maximum Gasteiger partial charge on any atom is 0.122 e. The Hall–Kier alpha value is -0.980. The van der Waals surface area contributed by atoms with Gasteiger partial charge in [0, 0.05) is 0 Å². The zero-order valence-electron chi connectivity index (χ0n) is 12.8. The minimum atomic E-state index is 1.04. The molecule has 100 valence electrons. The first-order chi connectivity index (χ1) is 8.31. The lowest BCUT2D eigenvalue weighted by Gasteiger charge is -2.08. The molecule has 0 aliphatic carbocycles. The van der Waals surface area contributed by atoms with Crippen LogP contribution in [0.2, 0.25) is 0 Å². The van der Waals surface area contributed by atoms with Crippen molar-refractivity contribution in [2.75, 3.05) is 7.11 Å². The third kappa shape index (κ3) is 7.04. The zero-order valence-corrected chi connectivity index (χ0v) is 12.8. The predicted octanol–water partition coefficient (Wildman–Crippen LogP) is 5.26. The molecule has 1 aromatic carbocycles. The first-order valence-electron chi connectivity index (χ1n) is 6.97. The van der Waals surface area contributed by atoms with Gasteiger partial charge >= 0.3 is 0 Å². The van der Waals surface area contributed by atoms with E-state index in [1.807, 2.05) is 27.7 Å². The molecular formula is C16H30O. The van der Waals surface area contributed by atoms with Crippen LogP contribution < -0.4 is 4.74 Å². The van der Waals surface area contributed by atoms with Crippen LogP contribution in [0.25, 0.3) is 0 Å². The Morgan fingerprint density at radius 3 is 2.00 bits per heavy atom. The monoisotopic (exact) mass is 238 g/mol. The van der Waals surface area contributed by atoms with Gasteiger partial charge < -0.3 is 4.74 Å². The first-order valence-corrected chi connectivity index (χ1v) is 6.97. The highest BCUT2D eigenvalue weighted by Crippen LogP contribution is 2.21. The lowest BCUT2D eigenvalue weighted by atomic mass is 10.1. The Kier molecular flexibility index (Phi) is 14.2. The molecule has 0 atom stereocenters. The van der Waals surface area contributed by atoms with E-state index in [1.165, 1.54) is 17.5 Å². The SMILES string of the molecule is CC.CC.CCCc1ccc(CC)c(OC)c1. The summed E-state index contributed by atoms with van der Waals surface area (Å²) in [5, 5.41) is 0. The van der Waals surface area contributed by atoms with Crippen molar-refractivity contribution in [2.45, 2.75) is 60.8 Å². The summed E-state index contributed by atoms with van der Waals surface area (Å²) in [5.41, 5.74) is 2.67. The molecule has 1 heteroatoms. The molecule has 0 N–H and O–H groups in total. The van der Waals surface area contributed by atoms with Crippen molar-refractivity contribution in [2.24, 2.45) is 0 Å². The predicted molar refractivity (Wildman–Crippen MR) is 79.1 cm³/mol. The number of hydrogen-bond donors (Lipinski definition) is 0. The fourth-order valence-electron chi connectivity index (χ4n) is 1.53. The summed E-state index contributed by atoms with van der Waals surface area (Å²) in [6.07, 6.45) is 3.37.